The predicted molar refractivity (Wildman–Crippen MR) is 87.5 cm³/mol. The average Bonchev–Trinajstić information content (AvgIpc) is 2.88. The molecule has 0 aliphatic heterocycles. The Bertz CT molecular complexity index is 429. The first-order valence-electron chi connectivity index (χ1n) is 8.74. The van der Waals surface area contributed by atoms with Crippen LogP contribution in [0.5, 0.6) is 0 Å². The first-order valence-corrected chi connectivity index (χ1v) is 8.74. The van der Waals surface area contributed by atoms with Gasteiger partial charge in [-0.05, 0) is 87.4 Å². The molecule has 112 valence electrons. The van der Waals surface area contributed by atoms with Crippen LogP contribution in [0.3, 0.4) is 0 Å². The minimum Gasteiger partial charge on any atom is -0.0998 e. The highest BCUT2D eigenvalue weighted by atomic mass is 14.5. The molecule has 2 saturated carbocycles. The molecule has 0 spiro atoms. The van der Waals surface area contributed by atoms with Crippen LogP contribution in [0, 0.1) is 35.0 Å². The van der Waals surface area contributed by atoms with Gasteiger partial charge in [0, 0.05) is 0 Å². The van der Waals surface area contributed by atoms with Crippen LogP contribution in [0.1, 0.15) is 66.2 Å². The minimum absolute atomic E-state index is 0.572. The first kappa shape index (κ1) is 14.4. The Morgan fingerprint density at radius 3 is 2.75 bits per heavy atom. The number of allylic oxidation sites excluding steroid dienone is 3. The summed E-state index contributed by atoms with van der Waals surface area (Å²) in [6.07, 6.45) is 11.1. The van der Waals surface area contributed by atoms with Crippen molar-refractivity contribution < 1.29 is 0 Å². The summed E-state index contributed by atoms with van der Waals surface area (Å²) in [7, 11) is 0. The van der Waals surface area contributed by atoms with Gasteiger partial charge in [-0.25, -0.2) is 0 Å². The largest absolute Gasteiger partial charge is 0.0998 e. The molecule has 0 heterocycles. The van der Waals surface area contributed by atoms with Crippen molar-refractivity contribution in [2.24, 2.45) is 35.0 Å². The highest BCUT2D eigenvalue weighted by Gasteiger charge is 2.49. The van der Waals surface area contributed by atoms with Crippen LogP contribution in [0.4, 0.5) is 0 Å². The number of fused-ring (bicyclic) bond motifs is 2. The molecule has 3 aliphatic rings. The molecule has 0 aromatic heterocycles. The molecule has 0 heteroatoms. The highest BCUT2D eigenvalue weighted by molar-refractivity contribution is 5.16. The summed E-state index contributed by atoms with van der Waals surface area (Å²) in [5.41, 5.74) is 3.71. The third-order valence-corrected chi connectivity index (χ3v) is 7.20. The van der Waals surface area contributed by atoms with E-state index in [1.165, 1.54) is 44.1 Å². The molecule has 6 atom stereocenters. The van der Waals surface area contributed by atoms with E-state index >= 15 is 0 Å². The Labute approximate surface area is 125 Å². The molecule has 0 amide bonds. The maximum Gasteiger partial charge on any atom is -0.0172 e. The van der Waals surface area contributed by atoms with Gasteiger partial charge < -0.3 is 0 Å². The summed E-state index contributed by atoms with van der Waals surface area (Å²) in [6, 6.07) is 0. The van der Waals surface area contributed by atoms with Crippen molar-refractivity contribution in [2.45, 2.75) is 66.2 Å². The predicted octanol–water partition coefficient (Wildman–Crippen LogP) is 6.00. The van der Waals surface area contributed by atoms with E-state index in [2.05, 4.69) is 40.3 Å². The third kappa shape index (κ3) is 2.20. The first-order chi connectivity index (χ1) is 9.42. The van der Waals surface area contributed by atoms with Crippen molar-refractivity contribution in [3.05, 3.63) is 23.8 Å². The van der Waals surface area contributed by atoms with Crippen molar-refractivity contribution in [3.8, 4) is 0 Å². The fraction of sp³-hybridized carbons (Fsp3) is 0.800. The second-order valence-electron chi connectivity index (χ2n) is 8.46. The van der Waals surface area contributed by atoms with Gasteiger partial charge in [0.15, 0.2) is 0 Å². The van der Waals surface area contributed by atoms with Gasteiger partial charge >= 0.3 is 0 Å². The Kier molecular flexibility index (Phi) is 3.63. The van der Waals surface area contributed by atoms with Crippen molar-refractivity contribution in [2.75, 3.05) is 0 Å². The van der Waals surface area contributed by atoms with E-state index < -0.39 is 0 Å². The van der Waals surface area contributed by atoms with Crippen molar-refractivity contribution in [3.63, 3.8) is 0 Å². The summed E-state index contributed by atoms with van der Waals surface area (Å²) in [5, 5.41) is 0. The summed E-state index contributed by atoms with van der Waals surface area (Å²) in [4.78, 5) is 0. The Balaban J connectivity index is 1.94. The molecule has 0 nitrogen and oxygen atoms in total. The molecule has 0 bridgehead atoms. The summed E-state index contributed by atoms with van der Waals surface area (Å²) in [5.74, 6) is 4.40. The molecule has 2 fully saturated rings. The van der Waals surface area contributed by atoms with Crippen molar-refractivity contribution >= 4 is 0 Å². The van der Waals surface area contributed by atoms with E-state index in [0.717, 1.165) is 29.6 Å². The topological polar surface area (TPSA) is 0 Å². The lowest BCUT2D eigenvalue weighted by Crippen LogP contribution is -2.32. The van der Waals surface area contributed by atoms with Gasteiger partial charge in [-0.1, -0.05) is 37.6 Å². The molecule has 0 N–H and O–H groups in total. The van der Waals surface area contributed by atoms with Gasteiger partial charge in [0.25, 0.3) is 0 Å². The maximum atomic E-state index is 4.29. The van der Waals surface area contributed by atoms with Gasteiger partial charge in [0.2, 0.25) is 0 Å². The molecule has 20 heavy (non-hydrogen) atoms. The molecule has 0 aromatic carbocycles. The zero-order valence-electron chi connectivity index (χ0n) is 13.9. The third-order valence-electron chi connectivity index (χ3n) is 7.20. The summed E-state index contributed by atoms with van der Waals surface area (Å²) in [6.45, 7) is 14.1. The van der Waals surface area contributed by atoms with Crippen molar-refractivity contribution in [1.29, 1.82) is 0 Å². The highest BCUT2D eigenvalue weighted by Crippen LogP contribution is 2.58. The van der Waals surface area contributed by atoms with Crippen LogP contribution in [-0.4, -0.2) is 0 Å². The zero-order valence-corrected chi connectivity index (χ0v) is 13.9. The lowest BCUT2D eigenvalue weighted by molar-refractivity contribution is 0.124. The number of hydrogen-bond donors (Lipinski definition) is 0. The number of hydrogen-bond acceptors (Lipinski definition) is 0. The van der Waals surface area contributed by atoms with E-state index in [1.54, 1.807) is 5.57 Å². The van der Waals surface area contributed by atoms with E-state index in [-0.39, 0.29) is 0 Å². The van der Waals surface area contributed by atoms with Crippen LogP contribution >= 0.6 is 0 Å². The molecule has 0 saturated heterocycles. The molecule has 3 aliphatic carbocycles. The van der Waals surface area contributed by atoms with Gasteiger partial charge in [0.1, 0.15) is 0 Å². The lowest BCUT2D eigenvalue weighted by Gasteiger charge is -2.41. The monoisotopic (exact) mass is 272 g/mol. The van der Waals surface area contributed by atoms with Gasteiger partial charge in [0.05, 0.1) is 0 Å². The van der Waals surface area contributed by atoms with E-state index in [4.69, 9.17) is 0 Å². The summed E-state index contributed by atoms with van der Waals surface area (Å²) >= 11 is 0. The van der Waals surface area contributed by atoms with Crippen LogP contribution in [-0.2, 0) is 0 Å². The summed E-state index contributed by atoms with van der Waals surface area (Å²) < 4.78 is 0. The smallest absolute Gasteiger partial charge is 0.0172 e. The maximum absolute atomic E-state index is 4.29. The van der Waals surface area contributed by atoms with Gasteiger partial charge in [-0.2, -0.15) is 0 Å². The number of rotatable bonds is 1. The quantitative estimate of drug-likeness (QED) is 0.514. The average molecular weight is 272 g/mol. The molecule has 0 aromatic rings. The Morgan fingerprint density at radius 1 is 1.30 bits per heavy atom. The van der Waals surface area contributed by atoms with Gasteiger partial charge in [-0.3, -0.25) is 0 Å². The van der Waals surface area contributed by atoms with E-state index in [0.29, 0.717) is 5.41 Å². The van der Waals surface area contributed by atoms with Crippen LogP contribution in [0.15, 0.2) is 23.8 Å². The van der Waals surface area contributed by atoms with E-state index in [1.807, 2.05) is 0 Å². The molecular formula is C20H32. The lowest BCUT2D eigenvalue weighted by atomic mass is 9.64. The van der Waals surface area contributed by atoms with Crippen LogP contribution in [0.2, 0.25) is 0 Å². The normalized spacial score (nSPS) is 48.0. The van der Waals surface area contributed by atoms with Gasteiger partial charge in [-0.15, -0.1) is 0 Å². The fourth-order valence-corrected chi connectivity index (χ4v) is 5.83. The molecule has 3 rings (SSSR count). The molecular weight excluding hydrogens is 240 g/mol. The Morgan fingerprint density at radius 2 is 2.05 bits per heavy atom. The second-order valence-corrected chi connectivity index (χ2v) is 8.46. The minimum atomic E-state index is 0.572. The van der Waals surface area contributed by atoms with E-state index in [9.17, 15) is 0 Å². The van der Waals surface area contributed by atoms with Crippen molar-refractivity contribution in [1.82, 2.24) is 0 Å². The fourth-order valence-electron chi connectivity index (χ4n) is 5.83. The molecule has 0 radical (unpaired) electrons. The van der Waals surface area contributed by atoms with Crippen LogP contribution in [0.25, 0.3) is 0 Å². The zero-order chi connectivity index (χ0) is 14.5. The second kappa shape index (κ2) is 5.04. The molecule has 0 unspecified atom stereocenters. The SMILES string of the molecule is C=C(C)[C@H]1CC[C@]2(C)C[C@@H]3[C@H](C)CC[C@@H]3C(C)=CC[C@@H]12. The standard InChI is InChI=1S/C20H32/c1-13(2)16-10-11-20(5)12-18-15(4)6-8-17(18)14(3)7-9-19(16)20/h7,15-19H,1,6,8-12H2,2-5H3/t15-,16-,17-,18-,19+,20-/m1/s1. The Hall–Kier alpha value is -0.520. The van der Waals surface area contributed by atoms with Crippen LogP contribution < -0.4 is 0 Å².